The Morgan fingerprint density at radius 2 is 1.96 bits per heavy atom. The SMILES string of the molecule is CC(C)OC(=O)c1ccc2nc(NC(=O)CN3CCCCCC3)sc2c1. The number of carbonyl (C=O) groups excluding carboxylic acids is 2. The first kappa shape index (κ1) is 18.8. The van der Waals surface area contributed by atoms with Crippen molar-refractivity contribution < 1.29 is 14.3 Å². The van der Waals surface area contributed by atoms with E-state index in [2.05, 4.69) is 15.2 Å². The van der Waals surface area contributed by atoms with Gasteiger partial charge in [0.05, 0.1) is 28.4 Å². The molecule has 3 rings (SSSR count). The zero-order valence-electron chi connectivity index (χ0n) is 15.3. The number of likely N-dealkylation sites (tertiary alicyclic amines) is 1. The zero-order chi connectivity index (χ0) is 18.5. The second-order valence-electron chi connectivity index (χ2n) is 6.89. The van der Waals surface area contributed by atoms with Gasteiger partial charge in [-0.25, -0.2) is 9.78 Å². The maximum Gasteiger partial charge on any atom is 0.338 e. The summed E-state index contributed by atoms with van der Waals surface area (Å²) in [4.78, 5) is 31.0. The summed E-state index contributed by atoms with van der Waals surface area (Å²) in [6.07, 6.45) is 4.65. The Bertz CT molecular complexity index is 779. The Morgan fingerprint density at radius 3 is 2.65 bits per heavy atom. The van der Waals surface area contributed by atoms with Gasteiger partial charge in [0.15, 0.2) is 5.13 Å². The first-order valence-corrected chi connectivity index (χ1v) is 9.97. The summed E-state index contributed by atoms with van der Waals surface area (Å²) < 4.78 is 6.08. The molecule has 2 aromatic rings. The summed E-state index contributed by atoms with van der Waals surface area (Å²) >= 11 is 1.37. The molecule has 0 unspecified atom stereocenters. The molecule has 0 atom stereocenters. The summed E-state index contributed by atoms with van der Waals surface area (Å²) in [7, 11) is 0. The van der Waals surface area contributed by atoms with E-state index in [9.17, 15) is 9.59 Å². The van der Waals surface area contributed by atoms with Crippen molar-refractivity contribution in [1.82, 2.24) is 9.88 Å². The number of nitrogens with zero attached hydrogens (tertiary/aromatic N) is 2. The standard InChI is InChI=1S/C19H25N3O3S/c1-13(2)25-18(24)14-7-8-15-16(11-14)26-19(20-15)21-17(23)12-22-9-5-3-4-6-10-22/h7-8,11,13H,3-6,9-10,12H2,1-2H3,(H,20,21,23). The number of hydrogen-bond acceptors (Lipinski definition) is 6. The lowest BCUT2D eigenvalue weighted by Gasteiger charge is -2.18. The minimum absolute atomic E-state index is 0.0367. The fourth-order valence-electron chi connectivity index (χ4n) is 3.04. The molecule has 1 fully saturated rings. The van der Waals surface area contributed by atoms with E-state index in [1.54, 1.807) is 18.2 Å². The fraction of sp³-hybridized carbons (Fsp3) is 0.526. The van der Waals surface area contributed by atoms with E-state index in [1.807, 2.05) is 13.8 Å². The van der Waals surface area contributed by atoms with Crippen molar-refractivity contribution >= 4 is 38.6 Å². The molecule has 6 nitrogen and oxygen atoms in total. The maximum atomic E-state index is 12.3. The minimum Gasteiger partial charge on any atom is -0.459 e. The molecule has 7 heteroatoms. The van der Waals surface area contributed by atoms with Crippen molar-refractivity contribution in [2.45, 2.75) is 45.6 Å². The van der Waals surface area contributed by atoms with E-state index in [-0.39, 0.29) is 18.0 Å². The lowest BCUT2D eigenvalue weighted by molar-refractivity contribution is -0.117. The number of benzene rings is 1. The molecule has 1 aliphatic rings. The Kier molecular flexibility index (Phi) is 6.21. The molecule has 0 aliphatic carbocycles. The lowest BCUT2D eigenvalue weighted by Crippen LogP contribution is -2.33. The van der Waals surface area contributed by atoms with Crippen LogP contribution in [0, 0.1) is 0 Å². The number of hydrogen-bond donors (Lipinski definition) is 1. The molecule has 26 heavy (non-hydrogen) atoms. The second-order valence-corrected chi connectivity index (χ2v) is 7.92. The average molecular weight is 375 g/mol. The summed E-state index contributed by atoms with van der Waals surface area (Å²) in [6, 6.07) is 5.25. The van der Waals surface area contributed by atoms with Crippen molar-refractivity contribution in [3.8, 4) is 0 Å². The van der Waals surface area contributed by atoms with Gasteiger partial charge in [-0.15, -0.1) is 0 Å². The third kappa shape index (κ3) is 5.02. The van der Waals surface area contributed by atoms with Crippen LogP contribution in [0.15, 0.2) is 18.2 Å². The van der Waals surface area contributed by atoms with Gasteiger partial charge in [-0.3, -0.25) is 9.69 Å². The van der Waals surface area contributed by atoms with Gasteiger partial charge in [0.25, 0.3) is 0 Å². The number of rotatable bonds is 5. The van der Waals surface area contributed by atoms with Crippen molar-refractivity contribution in [2.24, 2.45) is 0 Å². The molecule has 0 saturated carbocycles. The van der Waals surface area contributed by atoms with Crippen LogP contribution in [0.3, 0.4) is 0 Å². The van der Waals surface area contributed by atoms with Crippen molar-refractivity contribution in [3.05, 3.63) is 23.8 Å². The van der Waals surface area contributed by atoms with Crippen LogP contribution in [-0.4, -0.2) is 47.5 Å². The van der Waals surface area contributed by atoms with Gasteiger partial charge in [-0.05, 0) is 58.0 Å². The van der Waals surface area contributed by atoms with Crippen LogP contribution in [0.25, 0.3) is 10.2 Å². The highest BCUT2D eigenvalue weighted by Crippen LogP contribution is 2.27. The van der Waals surface area contributed by atoms with Gasteiger partial charge in [-0.2, -0.15) is 0 Å². The molecular formula is C19H25N3O3S. The monoisotopic (exact) mass is 375 g/mol. The predicted molar refractivity (Wildman–Crippen MR) is 104 cm³/mol. The zero-order valence-corrected chi connectivity index (χ0v) is 16.1. The van der Waals surface area contributed by atoms with E-state index in [4.69, 9.17) is 4.74 Å². The molecule has 1 saturated heterocycles. The van der Waals surface area contributed by atoms with E-state index >= 15 is 0 Å². The molecule has 1 aromatic heterocycles. The van der Waals surface area contributed by atoms with E-state index in [0.717, 1.165) is 36.1 Å². The molecule has 0 bridgehead atoms. The first-order chi connectivity index (χ1) is 12.5. The van der Waals surface area contributed by atoms with E-state index in [1.165, 1.54) is 24.2 Å². The van der Waals surface area contributed by atoms with Crippen LogP contribution in [0.1, 0.15) is 49.9 Å². The molecular weight excluding hydrogens is 350 g/mol. The minimum atomic E-state index is -0.345. The van der Waals surface area contributed by atoms with Crippen LogP contribution < -0.4 is 5.32 Å². The highest BCUT2D eigenvalue weighted by atomic mass is 32.1. The van der Waals surface area contributed by atoms with Gasteiger partial charge in [-0.1, -0.05) is 24.2 Å². The van der Waals surface area contributed by atoms with Crippen LogP contribution in [0.2, 0.25) is 0 Å². The molecule has 140 valence electrons. The summed E-state index contributed by atoms with van der Waals surface area (Å²) in [6.45, 7) is 6.01. The Hall–Kier alpha value is -1.99. The fourth-order valence-corrected chi connectivity index (χ4v) is 3.96. The number of amides is 1. The van der Waals surface area contributed by atoms with E-state index in [0.29, 0.717) is 17.2 Å². The molecule has 1 N–H and O–H groups in total. The molecule has 1 aromatic carbocycles. The average Bonchev–Trinajstić information content (AvgIpc) is 2.79. The number of aromatic nitrogens is 1. The molecule has 0 radical (unpaired) electrons. The van der Waals surface area contributed by atoms with Crippen LogP contribution >= 0.6 is 11.3 Å². The van der Waals surface area contributed by atoms with Crippen LogP contribution in [-0.2, 0) is 9.53 Å². The molecule has 0 spiro atoms. The quantitative estimate of drug-likeness (QED) is 0.807. The van der Waals surface area contributed by atoms with Gasteiger partial charge in [0, 0.05) is 0 Å². The Balaban J connectivity index is 1.64. The Morgan fingerprint density at radius 1 is 1.23 bits per heavy atom. The van der Waals surface area contributed by atoms with Crippen LogP contribution in [0.5, 0.6) is 0 Å². The van der Waals surface area contributed by atoms with Crippen LogP contribution in [0.4, 0.5) is 5.13 Å². The van der Waals surface area contributed by atoms with Gasteiger partial charge < -0.3 is 10.1 Å². The van der Waals surface area contributed by atoms with Crippen molar-refractivity contribution in [2.75, 3.05) is 25.0 Å². The van der Waals surface area contributed by atoms with Crippen molar-refractivity contribution in [3.63, 3.8) is 0 Å². The number of carbonyl (C=O) groups is 2. The lowest BCUT2D eigenvalue weighted by atomic mass is 10.2. The smallest absolute Gasteiger partial charge is 0.338 e. The predicted octanol–water partition coefficient (Wildman–Crippen LogP) is 3.68. The third-order valence-corrected chi connectivity index (χ3v) is 5.21. The van der Waals surface area contributed by atoms with Gasteiger partial charge in [0.2, 0.25) is 5.91 Å². The highest BCUT2D eigenvalue weighted by Gasteiger charge is 2.16. The summed E-state index contributed by atoms with van der Waals surface area (Å²) in [5, 5.41) is 3.45. The number of thiazole rings is 1. The summed E-state index contributed by atoms with van der Waals surface area (Å²) in [5.74, 6) is -0.382. The number of nitrogens with one attached hydrogen (secondary N) is 1. The maximum absolute atomic E-state index is 12.3. The number of esters is 1. The number of fused-ring (bicyclic) bond motifs is 1. The number of anilines is 1. The summed E-state index contributed by atoms with van der Waals surface area (Å²) in [5.41, 5.74) is 1.26. The largest absolute Gasteiger partial charge is 0.459 e. The van der Waals surface area contributed by atoms with Crippen molar-refractivity contribution in [1.29, 1.82) is 0 Å². The van der Waals surface area contributed by atoms with Gasteiger partial charge >= 0.3 is 5.97 Å². The number of ether oxygens (including phenoxy) is 1. The highest BCUT2D eigenvalue weighted by molar-refractivity contribution is 7.22. The molecule has 2 heterocycles. The molecule has 1 amide bonds. The Labute approximate surface area is 157 Å². The topological polar surface area (TPSA) is 71.5 Å². The van der Waals surface area contributed by atoms with E-state index < -0.39 is 0 Å². The first-order valence-electron chi connectivity index (χ1n) is 9.15. The normalized spacial score (nSPS) is 15.8. The molecule has 1 aliphatic heterocycles. The van der Waals surface area contributed by atoms with Gasteiger partial charge in [0.1, 0.15) is 0 Å². The second kappa shape index (κ2) is 8.60. The third-order valence-electron chi connectivity index (χ3n) is 4.28.